The van der Waals surface area contributed by atoms with E-state index in [1.54, 1.807) is 19.0 Å². The lowest BCUT2D eigenvalue weighted by molar-refractivity contribution is 0.391. The maximum Gasteiger partial charge on any atom is 0.141 e. The maximum atomic E-state index is 4.49. The van der Waals surface area contributed by atoms with Crippen molar-refractivity contribution in [3.05, 3.63) is 286 Å². The molecule has 0 aliphatic rings. The van der Waals surface area contributed by atoms with Crippen molar-refractivity contribution in [3.8, 4) is 0 Å². The molecular formula is C80H88N12. The van der Waals surface area contributed by atoms with Crippen LogP contribution in [0, 0.1) is 47.5 Å². The summed E-state index contributed by atoms with van der Waals surface area (Å²) < 4.78 is 0. The Morgan fingerprint density at radius 3 is 0.957 bits per heavy atom. The first-order chi connectivity index (χ1) is 44.3. The van der Waals surface area contributed by atoms with E-state index in [0.29, 0.717) is 12.0 Å². The Hall–Kier alpha value is -9.72. The maximum absolute atomic E-state index is 4.49. The van der Waals surface area contributed by atoms with Crippen LogP contribution in [0.25, 0.3) is 32.7 Å². The van der Waals surface area contributed by atoms with Crippen molar-refractivity contribution in [3.63, 3.8) is 0 Å². The molecule has 0 saturated carbocycles. The summed E-state index contributed by atoms with van der Waals surface area (Å²) >= 11 is 0. The van der Waals surface area contributed by atoms with E-state index >= 15 is 0 Å². The van der Waals surface area contributed by atoms with Gasteiger partial charge in [-0.2, -0.15) is 0 Å². The molecule has 92 heavy (non-hydrogen) atoms. The number of rotatable bonds is 18. The lowest BCUT2D eigenvalue weighted by Crippen LogP contribution is -2.39. The largest absolute Gasteiger partial charge is 0.340 e. The normalized spacial score (nSPS) is 12.4. The molecule has 3 aromatic heterocycles. The van der Waals surface area contributed by atoms with Crippen LogP contribution in [0.15, 0.2) is 219 Å². The van der Waals surface area contributed by atoms with Crippen LogP contribution in [0.1, 0.15) is 133 Å². The van der Waals surface area contributed by atoms with Gasteiger partial charge in [0.1, 0.15) is 36.4 Å². The van der Waals surface area contributed by atoms with E-state index < -0.39 is 0 Å². The van der Waals surface area contributed by atoms with Gasteiger partial charge in [0.2, 0.25) is 0 Å². The number of nitrogens with one attached hydrogen (secondary N) is 6. The van der Waals surface area contributed by atoms with Crippen LogP contribution in [0.3, 0.4) is 0 Å². The molecule has 0 bridgehead atoms. The third-order valence-electron chi connectivity index (χ3n) is 16.5. The van der Waals surface area contributed by atoms with Crippen LogP contribution in [0.2, 0.25) is 0 Å². The minimum absolute atomic E-state index is 0.00665. The molecule has 0 spiro atoms. The van der Waals surface area contributed by atoms with E-state index in [4.69, 9.17) is 0 Å². The van der Waals surface area contributed by atoms with Gasteiger partial charge >= 0.3 is 0 Å². The van der Waals surface area contributed by atoms with Crippen molar-refractivity contribution in [2.24, 2.45) is 5.92 Å². The second-order valence-electron chi connectivity index (χ2n) is 25.8. The fourth-order valence-electron chi connectivity index (χ4n) is 11.2. The van der Waals surface area contributed by atoms with Crippen LogP contribution < -0.4 is 31.9 Å². The number of hydrogen-bond donors (Lipinski definition) is 6. The molecule has 12 nitrogen and oxygen atoms in total. The first-order valence-electron chi connectivity index (χ1n) is 32.0. The SMILES string of the molecule is Cc1cc2ncnc(Nc3ccc([C@H](NC(C)(C)C)c4ccccc4)cc3)c2cc1C.Cc1cc2ncnc(Nc3ccc([C@H](NC(C)C)c4ccccc4)cc3)c2cc1C.Cc1cc2ncnc(Nc3ccc([C@H](NCC(C)C)c4ccccc4)cc3)c2cc1C. The molecule has 9 aromatic carbocycles. The van der Waals surface area contributed by atoms with Crippen molar-refractivity contribution in [2.45, 2.75) is 120 Å². The van der Waals surface area contributed by atoms with E-state index in [0.717, 1.165) is 73.8 Å². The summed E-state index contributed by atoms with van der Waals surface area (Å²) in [7, 11) is 0. The van der Waals surface area contributed by atoms with Gasteiger partial charge in [0, 0.05) is 44.8 Å². The van der Waals surface area contributed by atoms with Gasteiger partial charge in [-0.3, -0.25) is 0 Å². The van der Waals surface area contributed by atoms with Gasteiger partial charge in [-0.05, 0) is 228 Å². The molecule has 0 aliphatic heterocycles. The summed E-state index contributed by atoms with van der Waals surface area (Å²) in [4.78, 5) is 26.8. The second kappa shape index (κ2) is 29.9. The Kier molecular flexibility index (Phi) is 21.2. The average Bonchev–Trinajstić information content (AvgIpc) is 1.00. The first-order valence-corrected chi connectivity index (χ1v) is 32.0. The Balaban J connectivity index is 0.000000151. The molecule has 12 aromatic rings. The number of anilines is 6. The molecule has 0 aliphatic carbocycles. The lowest BCUT2D eigenvalue weighted by Gasteiger charge is -2.29. The molecule has 0 fully saturated rings. The molecule has 3 atom stereocenters. The Morgan fingerprint density at radius 2 is 0.630 bits per heavy atom. The Bertz CT molecular complexity index is 4360. The van der Waals surface area contributed by atoms with Gasteiger partial charge in [0.25, 0.3) is 0 Å². The van der Waals surface area contributed by atoms with E-state index in [1.807, 2.05) is 0 Å². The Morgan fingerprint density at radius 1 is 0.337 bits per heavy atom. The molecule has 468 valence electrons. The quantitative estimate of drug-likeness (QED) is 0.0486. The molecule has 0 unspecified atom stereocenters. The molecule has 12 rings (SSSR count). The number of nitrogens with zero attached hydrogens (tertiary/aromatic N) is 6. The molecule has 0 amide bonds. The monoisotopic (exact) mass is 1220 g/mol. The molecule has 3 heterocycles. The summed E-state index contributed by atoms with van der Waals surface area (Å²) in [6.45, 7) is 29.1. The number of aromatic nitrogens is 6. The zero-order valence-corrected chi connectivity index (χ0v) is 55.6. The second-order valence-corrected chi connectivity index (χ2v) is 25.8. The van der Waals surface area contributed by atoms with Crippen molar-refractivity contribution in [1.29, 1.82) is 0 Å². The Labute approximate surface area is 544 Å². The van der Waals surface area contributed by atoms with Gasteiger partial charge < -0.3 is 31.9 Å². The standard InChI is InChI=1S/2C27H30N4.C26H28N4/c1-18-15-23-24(16-19(18)2)28-17-29-26(23)30-22-13-11-21(12-14-22)25(31-27(3,4)5)20-9-7-6-8-10-20;1-18(2)16-28-26(21-8-6-5-7-9-21)22-10-12-23(13-11-22)31-27-24-14-19(3)20(4)15-25(24)29-17-30-27;1-17(2)29-25(20-8-6-5-7-9-20)21-10-12-22(13-11-21)30-26-23-14-18(3)19(4)15-24(23)27-16-28-26/h6-17,25,31H,1-5H3,(H,28,29,30);5-15,17-18,26,28H,16H2,1-4H3,(H,29,30,31);5-17,25,29H,1-4H3,(H,27,28,30)/t25-;26-;25-/m111/s1. The number of hydrogen-bond acceptors (Lipinski definition) is 12. The van der Waals surface area contributed by atoms with E-state index in [9.17, 15) is 0 Å². The molecule has 12 heteroatoms. The fourth-order valence-corrected chi connectivity index (χ4v) is 11.2. The van der Waals surface area contributed by atoms with E-state index in [2.05, 4.69) is 352 Å². The zero-order chi connectivity index (χ0) is 64.9. The van der Waals surface area contributed by atoms with Gasteiger partial charge in [0.05, 0.1) is 34.7 Å². The van der Waals surface area contributed by atoms with Gasteiger partial charge in [-0.25, -0.2) is 29.9 Å². The van der Waals surface area contributed by atoms with Crippen LogP contribution in [-0.2, 0) is 0 Å². The fraction of sp³-hybridized carbons (Fsp3) is 0.250. The number of aryl methyl sites for hydroxylation is 6. The van der Waals surface area contributed by atoms with Crippen LogP contribution in [-0.4, -0.2) is 48.0 Å². The van der Waals surface area contributed by atoms with Gasteiger partial charge in [-0.15, -0.1) is 0 Å². The lowest BCUT2D eigenvalue weighted by atomic mass is 9.95. The van der Waals surface area contributed by atoms with Crippen molar-refractivity contribution in [2.75, 3.05) is 22.5 Å². The minimum atomic E-state index is -0.00665. The number of fused-ring (bicyclic) bond motifs is 3. The van der Waals surface area contributed by atoms with Gasteiger partial charge in [0.15, 0.2) is 0 Å². The van der Waals surface area contributed by atoms with Crippen LogP contribution in [0.5, 0.6) is 0 Å². The van der Waals surface area contributed by atoms with Crippen LogP contribution in [0.4, 0.5) is 34.5 Å². The van der Waals surface area contributed by atoms with E-state index in [1.165, 1.54) is 66.8 Å². The average molecular weight is 1220 g/mol. The summed E-state index contributed by atoms with van der Waals surface area (Å²) in [6, 6.07) is 71.2. The third-order valence-corrected chi connectivity index (χ3v) is 16.5. The van der Waals surface area contributed by atoms with Crippen molar-refractivity contribution < 1.29 is 0 Å². The van der Waals surface area contributed by atoms with Crippen LogP contribution >= 0.6 is 0 Å². The highest BCUT2D eigenvalue weighted by atomic mass is 15.0. The zero-order valence-electron chi connectivity index (χ0n) is 55.6. The van der Waals surface area contributed by atoms with Crippen molar-refractivity contribution >= 4 is 67.2 Å². The van der Waals surface area contributed by atoms with E-state index in [-0.39, 0.29) is 23.7 Å². The highest BCUT2D eigenvalue weighted by Crippen LogP contribution is 2.33. The first kappa shape index (κ1) is 65.2. The third kappa shape index (κ3) is 17.0. The molecule has 0 saturated heterocycles. The predicted octanol–water partition coefficient (Wildman–Crippen LogP) is 18.9. The van der Waals surface area contributed by atoms with Gasteiger partial charge in [-0.1, -0.05) is 141 Å². The highest BCUT2D eigenvalue weighted by Gasteiger charge is 2.22. The topological polar surface area (TPSA) is 150 Å². The molecule has 0 radical (unpaired) electrons. The summed E-state index contributed by atoms with van der Waals surface area (Å²) in [5.41, 5.74) is 20.8. The minimum Gasteiger partial charge on any atom is -0.340 e. The molecular weight excluding hydrogens is 1130 g/mol. The smallest absolute Gasteiger partial charge is 0.141 e. The van der Waals surface area contributed by atoms with Crippen molar-refractivity contribution in [1.82, 2.24) is 45.9 Å². The molecule has 6 N–H and O–H groups in total. The summed E-state index contributed by atoms with van der Waals surface area (Å²) in [5.74, 6) is 3.08. The summed E-state index contributed by atoms with van der Waals surface area (Å²) in [5, 5.41) is 24.7. The number of benzene rings is 9. The summed E-state index contributed by atoms with van der Waals surface area (Å²) in [6.07, 6.45) is 4.85. The predicted molar refractivity (Wildman–Crippen MR) is 385 cm³/mol. The highest BCUT2D eigenvalue weighted by molar-refractivity contribution is 5.93.